The molecule has 1 heterocycles. The van der Waals surface area contributed by atoms with Crippen LogP contribution in [-0.2, 0) is 4.79 Å². The molecule has 0 unspecified atom stereocenters. The van der Waals surface area contributed by atoms with Crippen molar-refractivity contribution < 1.29 is 19.1 Å². The Bertz CT molecular complexity index is 848. The van der Waals surface area contributed by atoms with Crippen LogP contribution >= 0.6 is 0 Å². The Kier molecular flexibility index (Phi) is 7.68. The van der Waals surface area contributed by atoms with Crippen LogP contribution in [0.3, 0.4) is 0 Å². The van der Waals surface area contributed by atoms with E-state index in [9.17, 15) is 9.59 Å². The van der Waals surface area contributed by atoms with Gasteiger partial charge in [0.2, 0.25) is 5.91 Å². The molecule has 30 heavy (non-hydrogen) atoms. The average molecular weight is 412 g/mol. The van der Waals surface area contributed by atoms with Crippen molar-refractivity contribution in [2.75, 3.05) is 45.3 Å². The molecule has 0 spiro atoms. The maximum atomic E-state index is 13.3. The SMILES string of the molecule is COc1ccc(C(=O)N(CC(=O)NCC2CCNCC2)c2ccccc2OC)cc1. The summed E-state index contributed by atoms with van der Waals surface area (Å²) in [5, 5.41) is 6.31. The third kappa shape index (κ3) is 5.51. The van der Waals surface area contributed by atoms with E-state index in [1.807, 2.05) is 12.1 Å². The first-order valence-electron chi connectivity index (χ1n) is 10.2. The predicted molar refractivity (Wildman–Crippen MR) is 116 cm³/mol. The molecular formula is C23H29N3O4. The number of hydrogen-bond acceptors (Lipinski definition) is 5. The normalized spacial score (nSPS) is 14.1. The largest absolute Gasteiger partial charge is 0.497 e. The molecule has 2 N–H and O–H groups in total. The van der Waals surface area contributed by atoms with Crippen LogP contribution in [0.4, 0.5) is 5.69 Å². The van der Waals surface area contributed by atoms with Gasteiger partial charge in [0.1, 0.15) is 18.0 Å². The van der Waals surface area contributed by atoms with E-state index in [2.05, 4.69) is 10.6 Å². The molecule has 0 aliphatic carbocycles. The van der Waals surface area contributed by atoms with Gasteiger partial charge < -0.3 is 20.1 Å². The maximum absolute atomic E-state index is 13.3. The van der Waals surface area contributed by atoms with E-state index in [0.717, 1.165) is 25.9 Å². The first kappa shape index (κ1) is 21.6. The zero-order chi connectivity index (χ0) is 21.3. The molecule has 1 aliphatic heterocycles. The van der Waals surface area contributed by atoms with Gasteiger partial charge in [0.25, 0.3) is 5.91 Å². The van der Waals surface area contributed by atoms with Crippen LogP contribution < -0.4 is 25.0 Å². The second kappa shape index (κ2) is 10.6. The number of piperidine rings is 1. The van der Waals surface area contributed by atoms with Crippen molar-refractivity contribution in [3.05, 3.63) is 54.1 Å². The van der Waals surface area contributed by atoms with Gasteiger partial charge in [-0.1, -0.05) is 12.1 Å². The van der Waals surface area contributed by atoms with Crippen molar-refractivity contribution in [3.8, 4) is 11.5 Å². The summed E-state index contributed by atoms with van der Waals surface area (Å²) in [4.78, 5) is 27.5. The zero-order valence-electron chi connectivity index (χ0n) is 17.5. The number of benzene rings is 2. The summed E-state index contributed by atoms with van der Waals surface area (Å²) < 4.78 is 10.6. The van der Waals surface area contributed by atoms with Gasteiger partial charge in [-0.25, -0.2) is 0 Å². The minimum absolute atomic E-state index is 0.0871. The highest BCUT2D eigenvalue weighted by atomic mass is 16.5. The van der Waals surface area contributed by atoms with Crippen molar-refractivity contribution in [3.63, 3.8) is 0 Å². The number of carbonyl (C=O) groups is 2. The molecule has 7 nitrogen and oxygen atoms in total. The first-order valence-corrected chi connectivity index (χ1v) is 10.2. The van der Waals surface area contributed by atoms with Gasteiger partial charge in [0.15, 0.2) is 0 Å². The summed E-state index contributed by atoms with van der Waals surface area (Å²) in [5.74, 6) is 1.19. The van der Waals surface area contributed by atoms with Crippen LogP contribution in [0.15, 0.2) is 48.5 Å². The summed E-state index contributed by atoms with van der Waals surface area (Å²) in [6.07, 6.45) is 2.09. The summed E-state index contributed by atoms with van der Waals surface area (Å²) >= 11 is 0. The molecule has 1 aliphatic rings. The summed E-state index contributed by atoms with van der Waals surface area (Å²) in [6, 6.07) is 14.0. The number of ether oxygens (including phenoxy) is 2. The molecule has 1 saturated heterocycles. The van der Waals surface area contributed by atoms with Gasteiger partial charge in [-0.2, -0.15) is 0 Å². The van der Waals surface area contributed by atoms with Gasteiger partial charge in [-0.3, -0.25) is 14.5 Å². The van der Waals surface area contributed by atoms with E-state index in [-0.39, 0.29) is 18.4 Å². The topological polar surface area (TPSA) is 79.9 Å². The fourth-order valence-electron chi connectivity index (χ4n) is 3.55. The molecule has 0 radical (unpaired) electrons. The summed E-state index contributed by atoms with van der Waals surface area (Å²) in [7, 11) is 3.12. The molecule has 7 heteroatoms. The van der Waals surface area contributed by atoms with Crippen molar-refractivity contribution in [2.24, 2.45) is 5.92 Å². The van der Waals surface area contributed by atoms with E-state index in [4.69, 9.17) is 9.47 Å². The quantitative estimate of drug-likeness (QED) is 0.698. The Hall–Kier alpha value is -3.06. The van der Waals surface area contributed by atoms with E-state index >= 15 is 0 Å². The standard InChI is InChI=1S/C23H29N3O4/c1-29-19-9-7-18(8-10-19)23(28)26(20-5-3-4-6-21(20)30-2)16-22(27)25-15-17-11-13-24-14-12-17/h3-10,17,24H,11-16H2,1-2H3,(H,25,27). The van der Waals surface area contributed by atoms with Crippen molar-refractivity contribution in [2.45, 2.75) is 12.8 Å². The summed E-state index contributed by atoms with van der Waals surface area (Å²) in [6.45, 7) is 2.49. The lowest BCUT2D eigenvalue weighted by Crippen LogP contribution is -2.43. The molecule has 0 bridgehead atoms. The summed E-state index contributed by atoms with van der Waals surface area (Å²) in [5.41, 5.74) is 1.02. The number of carbonyl (C=O) groups excluding carboxylic acids is 2. The molecule has 160 valence electrons. The van der Waals surface area contributed by atoms with E-state index in [0.29, 0.717) is 35.2 Å². The predicted octanol–water partition coefficient (Wildman–Crippen LogP) is 2.47. The molecule has 2 amide bonds. The molecular weight excluding hydrogens is 382 g/mol. The van der Waals surface area contributed by atoms with Crippen LogP contribution in [0.25, 0.3) is 0 Å². The third-order valence-electron chi connectivity index (χ3n) is 5.31. The van der Waals surface area contributed by atoms with Crippen molar-refractivity contribution >= 4 is 17.5 Å². The van der Waals surface area contributed by atoms with Crippen molar-refractivity contribution in [1.29, 1.82) is 0 Å². The Labute approximate surface area is 177 Å². The van der Waals surface area contributed by atoms with E-state index in [1.54, 1.807) is 50.6 Å². The molecule has 0 aromatic heterocycles. The van der Waals surface area contributed by atoms with Crippen LogP contribution in [0.5, 0.6) is 11.5 Å². The van der Waals surface area contributed by atoms with Crippen LogP contribution in [0, 0.1) is 5.92 Å². The fraction of sp³-hybridized carbons (Fsp3) is 0.391. The lowest BCUT2D eigenvalue weighted by atomic mass is 9.98. The molecule has 1 fully saturated rings. The number of methoxy groups -OCH3 is 2. The average Bonchev–Trinajstić information content (AvgIpc) is 2.81. The minimum atomic E-state index is -0.279. The second-order valence-electron chi connectivity index (χ2n) is 7.29. The number of para-hydroxylation sites is 2. The molecule has 0 atom stereocenters. The highest BCUT2D eigenvalue weighted by Gasteiger charge is 2.24. The number of nitrogens with one attached hydrogen (secondary N) is 2. The van der Waals surface area contributed by atoms with Crippen LogP contribution in [-0.4, -0.2) is 52.2 Å². The lowest BCUT2D eigenvalue weighted by Gasteiger charge is -2.26. The van der Waals surface area contributed by atoms with E-state index < -0.39 is 0 Å². The first-order chi connectivity index (χ1) is 14.6. The number of anilines is 1. The highest BCUT2D eigenvalue weighted by molar-refractivity contribution is 6.09. The Morgan fingerprint density at radius 1 is 1.03 bits per heavy atom. The Balaban J connectivity index is 1.78. The zero-order valence-corrected chi connectivity index (χ0v) is 17.5. The minimum Gasteiger partial charge on any atom is -0.497 e. The lowest BCUT2D eigenvalue weighted by molar-refractivity contribution is -0.119. The molecule has 3 rings (SSSR count). The van der Waals surface area contributed by atoms with Crippen molar-refractivity contribution in [1.82, 2.24) is 10.6 Å². The fourth-order valence-corrected chi connectivity index (χ4v) is 3.55. The van der Waals surface area contributed by atoms with Gasteiger partial charge in [-0.05, 0) is 68.2 Å². The third-order valence-corrected chi connectivity index (χ3v) is 5.31. The number of amides is 2. The smallest absolute Gasteiger partial charge is 0.258 e. The number of hydrogen-bond donors (Lipinski definition) is 2. The van der Waals surface area contributed by atoms with E-state index in [1.165, 1.54) is 4.90 Å². The molecule has 2 aromatic carbocycles. The monoisotopic (exact) mass is 411 g/mol. The Morgan fingerprint density at radius 2 is 1.73 bits per heavy atom. The molecule has 0 saturated carbocycles. The second-order valence-corrected chi connectivity index (χ2v) is 7.29. The maximum Gasteiger partial charge on any atom is 0.258 e. The highest BCUT2D eigenvalue weighted by Crippen LogP contribution is 2.29. The van der Waals surface area contributed by atoms with Gasteiger partial charge in [0.05, 0.1) is 19.9 Å². The van der Waals surface area contributed by atoms with Gasteiger partial charge in [-0.15, -0.1) is 0 Å². The van der Waals surface area contributed by atoms with Gasteiger partial charge in [0, 0.05) is 12.1 Å². The number of rotatable bonds is 8. The van der Waals surface area contributed by atoms with Crippen LogP contribution in [0.2, 0.25) is 0 Å². The Morgan fingerprint density at radius 3 is 2.40 bits per heavy atom. The number of nitrogens with zero attached hydrogens (tertiary/aromatic N) is 1. The van der Waals surface area contributed by atoms with Gasteiger partial charge >= 0.3 is 0 Å². The van der Waals surface area contributed by atoms with Crippen LogP contribution in [0.1, 0.15) is 23.2 Å². The molecule has 2 aromatic rings.